The van der Waals surface area contributed by atoms with E-state index < -0.39 is 0 Å². The molecule has 0 spiro atoms. The van der Waals surface area contributed by atoms with Gasteiger partial charge >= 0.3 is 0 Å². The van der Waals surface area contributed by atoms with Crippen molar-refractivity contribution < 1.29 is 13.9 Å². The van der Waals surface area contributed by atoms with Crippen molar-refractivity contribution >= 4 is 5.96 Å². The van der Waals surface area contributed by atoms with Gasteiger partial charge in [-0.2, -0.15) is 0 Å². The summed E-state index contributed by atoms with van der Waals surface area (Å²) in [6, 6.07) is 6.48. The van der Waals surface area contributed by atoms with E-state index in [0.29, 0.717) is 6.54 Å². The average Bonchev–Trinajstić information content (AvgIpc) is 2.67. The summed E-state index contributed by atoms with van der Waals surface area (Å²) < 4.78 is 24.9. The number of rotatable bonds is 9. The number of nitrogens with one attached hydrogen (secondary N) is 2. The molecule has 1 fully saturated rings. The number of aliphatic imine (C=N–C) groups is 1. The van der Waals surface area contributed by atoms with Crippen molar-refractivity contribution in [3.8, 4) is 5.75 Å². The molecule has 146 valence electrons. The van der Waals surface area contributed by atoms with Crippen LogP contribution in [0.5, 0.6) is 5.75 Å². The molecule has 0 aromatic heterocycles. The molecule has 0 amide bonds. The highest BCUT2D eigenvalue weighted by Crippen LogP contribution is 2.18. The largest absolute Gasteiger partial charge is 0.485 e. The van der Waals surface area contributed by atoms with Crippen LogP contribution in [-0.4, -0.2) is 69.4 Å². The Morgan fingerprint density at radius 3 is 2.73 bits per heavy atom. The number of halogens is 1. The molecule has 1 unspecified atom stereocenters. The van der Waals surface area contributed by atoms with Gasteiger partial charge in [-0.15, -0.1) is 0 Å². The van der Waals surface area contributed by atoms with Gasteiger partial charge in [-0.3, -0.25) is 4.90 Å². The van der Waals surface area contributed by atoms with E-state index in [4.69, 9.17) is 9.47 Å². The fourth-order valence-electron chi connectivity index (χ4n) is 2.66. The highest BCUT2D eigenvalue weighted by atomic mass is 19.1. The molecule has 1 aliphatic heterocycles. The van der Waals surface area contributed by atoms with Crippen molar-refractivity contribution in [3.63, 3.8) is 0 Å². The molecule has 0 radical (unpaired) electrons. The molecule has 26 heavy (non-hydrogen) atoms. The van der Waals surface area contributed by atoms with Crippen LogP contribution in [0.15, 0.2) is 29.3 Å². The first-order valence-electron chi connectivity index (χ1n) is 9.46. The summed E-state index contributed by atoms with van der Waals surface area (Å²) in [6.07, 6.45) is 0.590. The smallest absolute Gasteiger partial charge is 0.191 e. The normalized spacial score (nSPS) is 17.0. The Bertz CT molecular complexity index is 550. The maximum atomic E-state index is 13.8. The first kappa shape index (κ1) is 20.5. The summed E-state index contributed by atoms with van der Waals surface area (Å²) in [7, 11) is 0. The molecule has 1 heterocycles. The summed E-state index contributed by atoms with van der Waals surface area (Å²) in [4.78, 5) is 6.97. The van der Waals surface area contributed by atoms with Crippen LogP contribution in [-0.2, 0) is 4.74 Å². The average molecular weight is 366 g/mol. The summed E-state index contributed by atoms with van der Waals surface area (Å²) in [5, 5.41) is 6.59. The minimum atomic E-state index is -0.342. The van der Waals surface area contributed by atoms with Gasteiger partial charge in [0.1, 0.15) is 6.10 Å². The second-order valence-electron chi connectivity index (χ2n) is 6.18. The topological polar surface area (TPSA) is 58.1 Å². The molecule has 1 saturated heterocycles. The molecular weight excluding hydrogens is 335 g/mol. The monoisotopic (exact) mass is 366 g/mol. The van der Waals surface area contributed by atoms with Crippen LogP contribution < -0.4 is 15.4 Å². The molecule has 1 aliphatic rings. The summed E-state index contributed by atoms with van der Waals surface area (Å²) in [5.74, 6) is 0.696. The standard InChI is InChI=1S/C19H31FN4O2/c1-3-16(26-18-8-6-5-7-17(18)20)15-23-19(21-4-2)22-9-10-24-11-13-25-14-12-24/h5-8,16H,3-4,9-15H2,1-2H3,(H2,21,22,23). The van der Waals surface area contributed by atoms with Crippen molar-refractivity contribution in [1.82, 2.24) is 15.5 Å². The van der Waals surface area contributed by atoms with Gasteiger partial charge in [0, 0.05) is 32.7 Å². The van der Waals surface area contributed by atoms with Gasteiger partial charge in [-0.25, -0.2) is 9.38 Å². The molecule has 0 bridgehead atoms. The zero-order chi connectivity index (χ0) is 18.6. The van der Waals surface area contributed by atoms with Crippen molar-refractivity contribution in [3.05, 3.63) is 30.1 Å². The third-order valence-electron chi connectivity index (χ3n) is 4.21. The predicted molar refractivity (Wildman–Crippen MR) is 102 cm³/mol. The number of guanidine groups is 1. The van der Waals surface area contributed by atoms with Crippen molar-refractivity contribution in [1.29, 1.82) is 0 Å². The number of benzene rings is 1. The quantitative estimate of drug-likeness (QED) is 0.516. The Labute approximate surface area is 155 Å². The van der Waals surface area contributed by atoms with Gasteiger partial charge in [0.25, 0.3) is 0 Å². The second kappa shape index (κ2) is 11.7. The number of para-hydroxylation sites is 1. The van der Waals surface area contributed by atoms with Gasteiger partial charge in [-0.05, 0) is 25.5 Å². The van der Waals surface area contributed by atoms with E-state index in [0.717, 1.165) is 58.3 Å². The number of ether oxygens (including phenoxy) is 2. The molecule has 1 atom stereocenters. The summed E-state index contributed by atoms with van der Waals surface area (Å²) in [5.41, 5.74) is 0. The minimum absolute atomic E-state index is 0.165. The Hall–Kier alpha value is -1.86. The fraction of sp³-hybridized carbons (Fsp3) is 0.632. The Morgan fingerprint density at radius 2 is 2.04 bits per heavy atom. The maximum absolute atomic E-state index is 13.8. The van der Waals surface area contributed by atoms with E-state index >= 15 is 0 Å². The first-order chi connectivity index (χ1) is 12.7. The highest BCUT2D eigenvalue weighted by Gasteiger charge is 2.12. The van der Waals surface area contributed by atoms with Crippen molar-refractivity contribution in [2.75, 3.05) is 52.5 Å². The fourth-order valence-corrected chi connectivity index (χ4v) is 2.66. The molecule has 1 aromatic carbocycles. The molecule has 2 rings (SSSR count). The third kappa shape index (κ3) is 7.17. The van der Waals surface area contributed by atoms with Crippen LogP contribution in [0, 0.1) is 5.82 Å². The third-order valence-corrected chi connectivity index (χ3v) is 4.21. The maximum Gasteiger partial charge on any atom is 0.191 e. The van der Waals surface area contributed by atoms with Gasteiger partial charge in [0.15, 0.2) is 17.5 Å². The molecular formula is C19H31FN4O2. The lowest BCUT2D eigenvalue weighted by Gasteiger charge is -2.26. The highest BCUT2D eigenvalue weighted by molar-refractivity contribution is 5.79. The molecule has 2 N–H and O–H groups in total. The van der Waals surface area contributed by atoms with Gasteiger partial charge in [-0.1, -0.05) is 19.1 Å². The summed E-state index contributed by atoms with van der Waals surface area (Å²) in [6.45, 7) is 10.6. The van der Waals surface area contributed by atoms with Crippen LogP contribution in [0.4, 0.5) is 4.39 Å². The lowest BCUT2D eigenvalue weighted by Crippen LogP contribution is -2.44. The summed E-state index contributed by atoms with van der Waals surface area (Å²) >= 11 is 0. The lowest BCUT2D eigenvalue weighted by molar-refractivity contribution is 0.0389. The van der Waals surface area contributed by atoms with E-state index in [2.05, 4.69) is 20.5 Å². The van der Waals surface area contributed by atoms with Crippen LogP contribution in [0.3, 0.4) is 0 Å². The number of morpholine rings is 1. The molecule has 0 saturated carbocycles. The second-order valence-corrected chi connectivity index (χ2v) is 6.18. The molecule has 0 aliphatic carbocycles. The Balaban J connectivity index is 1.82. The van der Waals surface area contributed by atoms with E-state index in [1.165, 1.54) is 6.07 Å². The lowest BCUT2D eigenvalue weighted by atomic mass is 10.2. The van der Waals surface area contributed by atoms with Crippen molar-refractivity contribution in [2.45, 2.75) is 26.4 Å². The SMILES string of the molecule is CCNC(=NCC(CC)Oc1ccccc1F)NCCN1CCOCC1. The molecule has 7 heteroatoms. The van der Waals surface area contributed by atoms with Crippen LogP contribution in [0.2, 0.25) is 0 Å². The van der Waals surface area contributed by atoms with Crippen LogP contribution in [0.1, 0.15) is 20.3 Å². The predicted octanol–water partition coefficient (Wildman–Crippen LogP) is 1.87. The van der Waals surface area contributed by atoms with E-state index in [1.807, 2.05) is 13.8 Å². The zero-order valence-corrected chi connectivity index (χ0v) is 15.8. The first-order valence-corrected chi connectivity index (χ1v) is 9.46. The van der Waals surface area contributed by atoms with Crippen LogP contribution >= 0.6 is 0 Å². The molecule has 6 nitrogen and oxygen atoms in total. The Morgan fingerprint density at radius 1 is 1.27 bits per heavy atom. The van der Waals surface area contributed by atoms with E-state index in [-0.39, 0.29) is 17.7 Å². The zero-order valence-electron chi connectivity index (χ0n) is 15.8. The number of hydrogen-bond donors (Lipinski definition) is 2. The van der Waals surface area contributed by atoms with Gasteiger partial charge < -0.3 is 20.1 Å². The van der Waals surface area contributed by atoms with Crippen LogP contribution in [0.25, 0.3) is 0 Å². The van der Waals surface area contributed by atoms with Gasteiger partial charge in [0.2, 0.25) is 0 Å². The molecule has 1 aromatic rings. The van der Waals surface area contributed by atoms with E-state index in [1.54, 1.807) is 18.2 Å². The number of hydrogen-bond acceptors (Lipinski definition) is 4. The van der Waals surface area contributed by atoms with Crippen molar-refractivity contribution in [2.24, 2.45) is 4.99 Å². The van der Waals surface area contributed by atoms with E-state index in [9.17, 15) is 4.39 Å². The minimum Gasteiger partial charge on any atom is -0.485 e. The number of nitrogens with zero attached hydrogens (tertiary/aromatic N) is 2. The van der Waals surface area contributed by atoms with Gasteiger partial charge in [0.05, 0.1) is 19.8 Å². The Kier molecular flexibility index (Phi) is 9.20.